The molecule has 1 amide bonds. The van der Waals surface area contributed by atoms with Crippen molar-refractivity contribution in [3.05, 3.63) is 60.4 Å². The van der Waals surface area contributed by atoms with Crippen LogP contribution in [0.5, 0.6) is 0 Å². The van der Waals surface area contributed by atoms with Gasteiger partial charge in [-0.2, -0.15) is 5.26 Å². The molecule has 94 valence electrons. The third kappa shape index (κ3) is 2.78. The van der Waals surface area contributed by atoms with Crippen LogP contribution < -0.4 is 4.90 Å². The number of carbonyl (C=O) groups is 1. The molecule has 1 unspecified atom stereocenters. The molecule has 4 heteroatoms. The van der Waals surface area contributed by atoms with Crippen LogP contribution in [0.1, 0.15) is 11.5 Å². The fraction of sp³-hybridized carbons (Fsp3) is 0.133. The highest BCUT2D eigenvalue weighted by Gasteiger charge is 2.24. The smallest absolute Gasteiger partial charge is 0.248 e. The number of hydrogen-bond donors (Lipinski definition) is 0. The average Bonchev–Trinajstić information content (AvgIpc) is 2.49. The SMILES string of the molecule is CN(C(=O)C(C#N)c1ccccc1)c1cccnc1. The number of likely N-dealkylation sites (N-methyl/N-ethyl adjacent to an activating group) is 1. The lowest BCUT2D eigenvalue weighted by Gasteiger charge is -2.19. The highest BCUT2D eigenvalue weighted by atomic mass is 16.2. The number of nitrogens with zero attached hydrogens (tertiary/aromatic N) is 3. The molecular formula is C15H13N3O. The van der Waals surface area contributed by atoms with Crippen LogP contribution in [0.25, 0.3) is 0 Å². The molecular weight excluding hydrogens is 238 g/mol. The van der Waals surface area contributed by atoms with Gasteiger partial charge >= 0.3 is 0 Å². The van der Waals surface area contributed by atoms with Gasteiger partial charge in [-0.15, -0.1) is 0 Å². The summed E-state index contributed by atoms with van der Waals surface area (Å²) in [6, 6.07) is 14.6. The van der Waals surface area contributed by atoms with Crippen molar-refractivity contribution in [2.24, 2.45) is 0 Å². The molecule has 0 aliphatic heterocycles. The fourth-order valence-electron chi connectivity index (χ4n) is 1.79. The number of rotatable bonds is 3. The molecule has 2 rings (SSSR count). The quantitative estimate of drug-likeness (QED) is 0.841. The average molecular weight is 251 g/mol. The molecule has 0 aliphatic rings. The van der Waals surface area contributed by atoms with E-state index < -0.39 is 5.92 Å². The molecule has 1 atom stereocenters. The van der Waals surface area contributed by atoms with Crippen molar-refractivity contribution in [3.63, 3.8) is 0 Å². The van der Waals surface area contributed by atoms with E-state index in [0.717, 1.165) is 0 Å². The maximum absolute atomic E-state index is 12.4. The number of benzene rings is 1. The molecule has 0 saturated heterocycles. The minimum Gasteiger partial charge on any atom is -0.313 e. The fourth-order valence-corrected chi connectivity index (χ4v) is 1.79. The van der Waals surface area contributed by atoms with Crippen molar-refractivity contribution in [1.82, 2.24) is 4.98 Å². The molecule has 0 bridgehead atoms. The van der Waals surface area contributed by atoms with Gasteiger partial charge in [-0.25, -0.2) is 0 Å². The number of anilines is 1. The zero-order valence-corrected chi connectivity index (χ0v) is 10.5. The summed E-state index contributed by atoms with van der Waals surface area (Å²) in [5, 5.41) is 9.23. The van der Waals surface area contributed by atoms with Crippen LogP contribution in [-0.4, -0.2) is 17.9 Å². The van der Waals surface area contributed by atoms with Crippen molar-refractivity contribution in [3.8, 4) is 6.07 Å². The summed E-state index contributed by atoms with van der Waals surface area (Å²) in [4.78, 5) is 17.8. The summed E-state index contributed by atoms with van der Waals surface area (Å²) >= 11 is 0. The van der Waals surface area contributed by atoms with Crippen LogP contribution >= 0.6 is 0 Å². The van der Waals surface area contributed by atoms with Crippen LogP contribution in [0.15, 0.2) is 54.9 Å². The van der Waals surface area contributed by atoms with Crippen LogP contribution in [0.4, 0.5) is 5.69 Å². The number of hydrogen-bond acceptors (Lipinski definition) is 3. The number of carbonyl (C=O) groups excluding carboxylic acids is 1. The van der Waals surface area contributed by atoms with E-state index in [1.54, 1.807) is 43.7 Å². The Kier molecular flexibility index (Phi) is 3.89. The lowest BCUT2D eigenvalue weighted by Crippen LogP contribution is -2.31. The van der Waals surface area contributed by atoms with Gasteiger partial charge in [0.1, 0.15) is 0 Å². The first-order chi connectivity index (χ1) is 9.24. The van der Waals surface area contributed by atoms with E-state index in [4.69, 9.17) is 0 Å². The summed E-state index contributed by atoms with van der Waals surface area (Å²) in [6.45, 7) is 0. The molecule has 0 N–H and O–H groups in total. The van der Waals surface area contributed by atoms with Gasteiger partial charge in [0.25, 0.3) is 0 Å². The topological polar surface area (TPSA) is 57.0 Å². The van der Waals surface area contributed by atoms with E-state index in [9.17, 15) is 10.1 Å². The molecule has 1 aromatic carbocycles. The van der Waals surface area contributed by atoms with Gasteiger partial charge in [-0.05, 0) is 17.7 Å². The van der Waals surface area contributed by atoms with Gasteiger partial charge in [-0.1, -0.05) is 30.3 Å². The van der Waals surface area contributed by atoms with E-state index in [-0.39, 0.29) is 5.91 Å². The molecule has 2 aromatic rings. The van der Waals surface area contributed by atoms with Crippen molar-refractivity contribution < 1.29 is 4.79 Å². The number of pyridine rings is 1. The second-order valence-corrected chi connectivity index (χ2v) is 4.08. The molecule has 0 aliphatic carbocycles. The monoisotopic (exact) mass is 251 g/mol. The lowest BCUT2D eigenvalue weighted by atomic mass is 9.99. The zero-order chi connectivity index (χ0) is 13.7. The Balaban J connectivity index is 2.26. The number of aromatic nitrogens is 1. The summed E-state index contributed by atoms with van der Waals surface area (Å²) in [5.74, 6) is -1.06. The van der Waals surface area contributed by atoms with Gasteiger partial charge in [0.05, 0.1) is 18.0 Å². The van der Waals surface area contributed by atoms with Crippen LogP contribution in [0, 0.1) is 11.3 Å². The van der Waals surface area contributed by atoms with E-state index in [1.807, 2.05) is 18.2 Å². The summed E-state index contributed by atoms with van der Waals surface area (Å²) in [6.07, 6.45) is 3.23. The molecule has 0 radical (unpaired) electrons. The van der Waals surface area contributed by atoms with Crippen molar-refractivity contribution >= 4 is 11.6 Å². The predicted molar refractivity (Wildman–Crippen MR) is 72.4 cm³/mol. The van der Waals surface area contributed by atoms with Gasteiger partial charge in [-0.3, -0.25) is 9.78 Å². The molecule has 4 nitrogen and oxygen atoms in total. The standard InChI is InChI=1S/C15H13N3O/c1-18(13-8-5-9-17-11-13)15(19)14(10-16)12-6-3-2-4-7-12/h2-9,11,14H,1H3. The summed E-state index contributed by atoms with van der Waals surface area (Å²) in [7, 11) is 1.65. The molecule has 0 saturated carbocycles. The Labute approximate surface area is 111 Å². The Morgan fingerprint density at radius 2 is 2.00 bits per heavy atom. The minimum atomic E-state index is -0.800. The Hall–Kier alpha value is -2.67. The first-order valence-electron chi connectivity index (χ1n) is 5.86. The number of amides is 1. The van der Waals surface area contributed by atoms with Crippen molar-refractivity contribution in [1.29, 1.82) is 5.26 Å². The second-order valence-electron chi connectivity index (χ2n) is 4.08. The number of nitriles is 1. The summed E-state index contributed by atoms with van der Waals surface area (Å²) in [5.41, 5.74) is 1.37. The molecule has 1 heterocycles. The molecule has 0 spiro atoms. The third-order valence-electron chi connectivity index (χ3n) is 2.87. The van der Waals surface area contributed by atoms with Crippen LogP contribution in [0.3, 0.4) is 0 Å². The Morgan fingerprint density at radius 1 is 1.26 bits per heavy atom. The van der Waals surface area contributed by atoms with Gasteiger partial charge in [0, 0.05) is 13.2 Å². The Morgan fingerprint density at radius 3 is 2.58 bits per heavy atom. The molecule has 0 fully saturated rings. The van der Waals surface area contributed by atoms with Crippen molar-refractivity contribution in [2.75, 3.05) is 11.9 Å². The third-order valence-corrected chi connectivity index (χ3v) is 2.87. The first-order valence-corrected chi connectivity index (χ1v) is 5.86. The van der Waals surface area contributed by atoms with Gasteiger partial charge in [0.2, 0.25) is 5.91 Å². The van der Waals surface area contributed by atoms with E-state index in [1.165, 1.54) is 4.90 Å². The van der Waals surface area contributed by atoms with E-state index in [0.29, 0.717) is 11.3 Å². The van der Waals surface area contributed by atoms with Crippen molar-refractivity contribution in [2.45, 2.75) is 5.92 Å². The van der Waals surface area contributed by atoms with Gasteiger partial charge in [0.15, 0.2) is 5.92 Å². The summed E-state index contributed by atoms with van der Waals surface area (Å²) < 4.78 is 0. The maximum Gasteiger partial charge on any atom is 0.248 e. The van der Waals surface area contributed by atoms with Crippen LogP contribution in [0.2, 0.25) is 0 Å². The molecule has 19 heavy (non-hydrogen) atoms. The predicted octanol–water partition coefficient (Wildman–Crippen LogP) is 2.35. The minimum absolute atomic E-state index is 0.262. The largest absolute Gasteiger partial charge is 0.313 e. The highest BCUT2D eigenvalue weighted by Crippen LogP contribution is 2.20. The second kappa shape index (κ2) is 5.78. The maximum atomic E-state index is 12.4. The normalized spacial score (nSPS) is 11.4. The Bertz CT molecular complexity index is 590. The lowest BCUT2D eigenvalue weighted by molar-refractivity contribution is -0.118. The first kappa shape index (κ1) is 12.8. The van der Waals surface area contributed by atoms with Crippen LogP contribution in [-0.2, 0) is 4.79 Å². The highest BCUT2D eigenvalue weighted by molar-refractivity contribution is 5.99. The van der Waals surface area contributed by atoms with E-state index in [2.05, 4.69) is 11.1 Å². The van der Waals surface area contributed by atoms with E-state index >= 15 is 0 Å². The molecule has 1 aromatic heterocycles. The van der Waals surface area contributed by atoms with Gasteiger partial charge < -0.3 is 4.90 Å². The zero-order valence-electron chi connectivity index (χ0n) is 10.5.